The van der Waals surface area contributed by atoms with Gasteiger partial charge in [-0.3, -0.25) is 0 Å². The van der Waals surface area contributed by atoms with Crippen LogP contribution in [0.3, 0.4) is 0 Å². The van der Waals surface area contributed by atoms with Gasteiger partial charge < -0.3 is 9.84 Å². The van der Waals surface area contributed by atoms with Crippen LogP contribution in [0, 0.1) is 11.6 Å². The van der Waals surface area contributed by atoms with Crippen molar-refractivity contribution >= 4 is 15.9 Å². The van der Waals surface area contributed by atoms with Gasteiger partial charge in [0.25, 0.3) is 0 Å². The highest BCUT2D eigenvalue weighted by Gasteiger charge is 2.31. The molecule has 1 atom stereocenters. The van der Waals surface area contributed by atoms with Gasteiger partial charge in [0.2, 0.25) is 0 Å². The zero-order valence-electron chi connectivity index (χ0n) is 11.7. The highest BCUT2D eigenvalue weighted by atomic mass is 79.9. The van der Waals surface area contributed by atoms with Crippen LogP contribution in [0.15, 0.2) is 40.9 Å². The van der Waals surface area contributed by atoms with E-state index < -0.39 is 17.2 Å². The SMILES string of the molecule is COc1cccc(F)c1C(C)(O)Cc1cccc(F)c1Br. The lowest BCUT2D eigenvalue weighted by atomic mass is 9.88. The summed E-state index contributed by atoms with van der Waals surface area (Å²) in [7, 11) is 1.41. The Balaban J connectivity index is 2.45. The van der Waals surface area contributed by atoms with Crippen LogP contribution in [-0.2, 0) is 12.0 Å². The Morgan fingerprint density at radius 3 is 2.43 bits per heavy atom. The lowest BCUT2D eigenvalue weighted by Crippen LogP contribution is -2.27. The molecule has 2 aromatic rings. The standard InChI is InChI=1S/C16H15BrF2O2/c1-16(20,9-10-5-3-7-12(19)15(10)17)14-11(18)6-4-8-13(14)21-2/h3-8,20H,9H2,1-2H3. The molecule has 5 heteroatoms. The molecule has 0 bridgehead atoms. The molecule has 2 nitrogen and oxygen atoms in total. The second-order valence-electron chi connectivity index (χ2n) is 4.98. The number of methoxy groups -OCH3 is 1. The minimum atomic E-state index is -1.53. The highest BCUT2D eigenvalue weighted by molar-refractivity contribution is 9.10. The van der Waals surface area contributed by atoms with Gasteiger partial charge in [-0.05, 0) is 46.6 Å². The second kappa shape index (κ2) is 6.12. The molecule has 0 radical (unpaired) electrons. The largest absolute Gasteiger partial charge is 0.496 e. The number of hydrogen-bond donors (Lipinski definition) is 1. The molecule has 0 spiro atoms. The van der Waals surface area contributed by atoms with Crippen molar-refractivity contribution in [1.82, 2.24) is 0 Å². The van der Waals surface area contributed by atoms with Crippen molar-refractivity contribution in [2.24, 2.45) is 0 Å². The fourth-order valence-corrected chi connectivity index (χ4v) is 2.75. The predicted octanol–water partition coefficient (Wildman–Crippen LogP) is 4.19. The van der Waals surface area contributed by atoms with E-state index in [1.807, 2.05) is 0 Å². The molecule has 0 saturated heterocycles. The van der Waals surface area contributed by atoms with E-state index in [2.05, 4.69) is 15.9 Å². The Labute approximate surface area is 130 Å². The van der Waals surface area contributed by atoms with Gasteiger partial charge in [0.1, 0.15) is 17.4 Å². The molecular weight excluding hydrogens is 342 g/mol. The van der Waals surface area contributed by atoms with Gasteiger partial charge in [0.05, 0.1) is 22.7 Å². The Morgan fingerprint density at radius 2 is 1.76 bits per heavy atom. The molecule has 0 heterocycles. The minimum absolute atomic E-state index is 0.0443. The summed E-state index contributed by atoms with van der Waals surface area (Å²) >= 11 is 3.15. The Hall–Kier alpha value is -1.46. The molecular formula is C16H15BrF2O2. The molecule has 0 aliphatic rings. The van der Waals surface area contributed by atoms with Crippen LogP contribution in [0.1, 0.15) is 18.1 Å². The summed E-state index contributed by atoms with van der Waals surface area (Å²) in [6, 6.07) is 8.87. The summed E-state index contributed by atoms with van der Waals surface area (Å²) in [6.07, 6.45) is 0.0443. The van der Waals surface area contributed by atoms with Crippen molar-refractivity contribution in [1.29, 1.82) is 0 Å². The molecule has 0 aliphatic carbocycles. The van der Waals surface area contributed by atoms with Crippen LogP contribution < -0.4 is 4.74 Å². The van der Waals surface area contributed by atoms with Crippen molar-refractivity contribution in [3.05, 3.63) is 63.6 Å². The van der Waals surface area contributed by atoms with Gasteiger partial charge in [-0.15, -0.1) is 0 Å². The molecule has 0 aliphatic heterocycles. The van der Waals surface area contributed by atoms with Crippen LogP contribution in [0.25, 0.3) is 0 Å². The van der Waals surface area contributed by atoms with Crippen LogP contribution >= 0.6 is 15.9 Å². The maximum atomic E-state index is 14.1. The first-order valence-corrected chi connectivity index (χ1v) is 7.14. The Bertz CT molecular complexity index is 657. The van der Waals surface area contributed by atoms with Gasteiger partial charge in [0.15, 0.2) is 0 Å². The fraction of sp³-hybridized carbons (Fsp3) is 0.250. The number of halogens is 3. The third-order valence-corrected chi connectivity index (χ3v) is 4.19. The fourth-order valence-electron chi connectivity index (χ4n) is 2.34. The van der Waals surface area contributed by atoms with E-state index in [-0.39, 0.29) is 22.2 Å². The first-order chi connectivity index (χ1) is 9.86. The lowest BCUT2D eigenvalue weighted by molar-refractivity contribution is 0.0507. The molecule has 0 fully saturated rings. The van der Waals surface area contributed by atoms with Crippen molar-refractivity contribution < 1.29 is 18.6 Å². The maximum absolute atomic E-state index is 14.1. The quantitative estimate of drug-likeness (QED) is 0.889. The summed E-state index contributed by atoms with van der Waals surface area (Å²) in [5.74, 6) is -0.733. The second-order valence-corrected chi connectivity index (χ2v) is 5.77. The van der Waals surface area contributed by atoms with Gasteiger partial charge in [-0.1, -0.05) is 18.2 Å². The lowest BCUT2D eigenvalue weighted by Gasteiger charge is -2.27. The summed E-state index contributed by atoms with van der Waals surface area (Å²) in [6.45, 7) is 1.48. The minimum Gasteiger partial charge on any atom is -0.496 e. The molecule has 112 valence electrons. The molecule has 0 saturated carbocycles. The Kier molecular flexibility index (Phi) is 4.64. The molecule has 1 N–H and O–H groups in total. The molecule has 2 aromatic carbocycles. The average Bonchev–Trinajstić information content (AvgIpc) is 2.43. The van der Waals surface area contributed by atoms with Gasteiger partial charge in [-0.2, -0.15) is 0 Å². The van der Waals surface area contributed by atoms with Crippen molar-refractivity contribution in [2.45, 2.75) is 18.9 Å². The van der Waals surface area contributed by atoms with E-state index >= 15 is 0 Å². The molecule has 0 amide bonds. The predicted molar refractivity (Wildman–Crippen MR) is 80.3 cm³/mol. The van der Waals surface area contributed by atoms with Crippen LogP contribution in [0.5, 0.6) is 5.75 Å². The third-order valence-electron chi connectivity index (χ3n) is 3.30. The van der Waals surface area contributed by atoms with Crippen molar-refractivity contribution in [3.8, 4) is 5.75 Å². The van der Waals surface area contributed by atoms with Crippen LogP contribution in [0.2, 0.25) is 0 Å². The summed E-state index contributed by atoms with van der Waals surface area (Å²) in [5, 5.41) is 10.7. The molecule has 21 heavy (non-hydrogen) atoms. The van der Waals surface area contributed by atoms with Gasteiger partial charge >= 0.3 is 0 Å². The number of aliphatic hydroxyl groups is 1. The zero-order valence-corrected chi connectivity index (χ0v) is 13.2. The van der Waals surface area contributed by atoms with E-state index in [1.165, 1.54) is 32.2 Å². The number of ether oxygens (including phenoxy) is 1. The normalized spacial score (nSPS) is 13.8. The summed E-state index contributed by atoms with van der Waals surface area (Å²) in [4.78, 5) is 0. The van der Waals surface area contributed by atoms with E-state index in [1.54, 1.807) is 18.2 Å². The monoisotopic (exact) mass is 356 g/mol. The molecule has 1 unspecified atom stereocenters. The van der Waals surface area contributed by atoms with Gasteiger partial charge in [-0.25, -0.2) is 8.78 Å². The van der Waals surface area contributed by atoms with Gasteiger partial charge in [0, 0.05) is 6.42 Å². The van der Waals surface area contributed by atoms with E-state index in [0.29, 0.717) is 5.56 Å². The summed E-state index contributed by atoms with van der Waals surface area (Å²) in [5.41, 5.74) is -0.929. The molecule has 2 rings (SSSR count). The van der Waals surface area contributed by atoms with E-state index in [4.69, 9.17) is 4.74 Å². The van der Waals surface area contributed by atoms with E-state index in [0.717, 1.165) is 0 Å². The number of benzene rings is 2. The summed E-state index contributed by atoms with van der Waals surface area (Å²) < 4.78 is 33.0. The number of rotatable bonds is 4. The third kappa shape index (κ3) is 3.24. The first kappa shape index (κ1) is 15.9. The van der Waals surface area contributed by atoms with Crippen molar-refractivity contribution in [2.75, 3.05) is 7.11 Å². The van der Waals surface area contributed by atoms with E-state index in [9.17, 15) is 13.9 Å². The zero-order chi connectivity index (χ0) is 15.6. The average molecular weight is 357 g/mol. The molecule has 0 aromatic heterocycles. The highest BCUT2D eigenvalue weighted by Crippen LogP contribution is 2.36. The smallest absolute Gasteiger partial charge is 0.137 e. The van der Waals surface area contributed by atoms with Crippen LogP contribution in [-0.4, -0.2) is 12.2 Å². The Morgan fingerprint density at radius 1 is 1.14 bits per heavy atom. The number of hydrogen-bond acceptors (Lipinski definition) is 2. The topological polar surface area (TPSA) is 29.5 Å². The van der Waals surface area contributed by atoms with Crippen LogP contribution in [0.4, 0.5) is 8.78 Å². The van der Waals surface area contributed by atoms with Crippen molar-refractivity contribution in [3.63, 3.8) is 0 Å². The first-order valence-electron chi connectivity index (χ1n) is 6.35. The maximum Gasteiger partial charge on any atom is 0.137 e.